The van der Waals surface area contributed by atoms with E-state index in [-0.39, 0.29) is 30.0 Å². The summed E-state index contributed by atoms with van der Waals surface area (Å²) in [7, 11) is 1.60. The lowest BCUT2D eigenvalue weighted by atomic mass is 9.56. The van der Waals surface area contributed by atoms with Crippen molar-refractivity contribution in [3.63, 3.8) is 0 Å². The molecule has 3 aliphatic rings. The Morgan fingerprint density at radius 2 is 1.85 bits per heavy atom. The Morgan fingerprint density at radius 1 is 1.19 bits per heavy atom. The highest BCUT2D eigenvalue weighted by Crippen LogP contribution is 2.56. The van der Waals surface area contributed by atoms with Crippen LogP contribution in [-0.2, 0) is 4.79 Å². The van der Waals surface area contributed by atoms with Crippen molar-refractivity contribution in [1.82, 2.24) is 5.32 Å². The molecule has 4 atom stereocenters. The fraction of sp³-hybridized carbons (Fsp3) is 0.864. The third-order valence-corrected chi connectivity index (χ3v) is 7.54. The van der Waals surface area contributed by atoms with E-state index in [4.69, 9.17) is 0 Å². The summed E-state index contributed by atoms with van der Waals surface area (Å²) in [5.74, 6) is 0.989. The number of aliphatic hydroxyl groups excluding tert-OH is 2. The van der Waals surface area contributed by atoms with E-state index in [1.54, 1.807) is 18.2 Å². The summed E-state index contributed by atoms with van der Waals surface area (Å²) in [6.07, 6.45) is 9.01. The zero-order chi connectivity index (χ0) is 19.5. The SMILES string of the molecule is CC1(C)CCC2=C1CCC(C1(C)CCC(O)CC1CO)C2.CNC(C)=O. The second-order valence-electron chi connectivity index (χ2n) is 9.53. The Kier molecular flexibility index (Phi) is 6.95. The topological polar surface area (TPSA) is 69.6 Å². The molecule has 3 rings (SSSR count). The molecule has 4 nitrogen and oxygen atoms in total. The fourth-order valence-corrected chi connectivity index (χ4v) is 5.48. The van der Waals surface area contributed by atoms with Crippen LogP contribution in [0, 0.1) is 22.7 Å². The van der Waals surface area contributed by atoms with Crippen molar-refractivity contribution < 1.29 is 15.0 Å². The van der Waals surface area contributed by atoms with Crippen molar-refractivity contribution in [2.45, 2.75) is 85.2 Å². The van der Waals surface area contributed by atoms with Crippen molar-refractivity contribution in [2.24, 2.45) is 22.7 Å². The van der Waals surface area contributed by atoms with Gasteiger partial charge in [-0.2, -0.15) is 0 Å². The van der Waals surface area contributed by atoms with E-state index < -0.39 is 0 Å². The van der Waals surface area contributed by atoms with Gasteiger partial charge in [-0.15, -0.1) is 0 Å². The number of aliphatic hydroxyl groups is 2. The summed E-state index contributed by atoms with van der Waals surface area (Å²) in [5.41, 5.74) is 4.14. The van der Waals surface area contributed by atoms with Crippen molar-refractivity contribution in [3.05, 3.63) is 11.1 Å². The normalized spacial score (nSPS) is 36.0. The molecule has 0 aromatic heterocycles. The second-order valence-corrected chi connectivity index (χ2v) is 9.53. The maximum atomic E-state index is 9.94. The van der Waals surface area contributed by atoms with Crippen molar-refractivity contribution in [1.29, 1.82) is 0 Å². The molecular weight excluding hydrogens is 326 g/mol. The highest BCUT2D eigenvalue weighted by Gasteiger charge is 2.47. The van der Waals surface area contributed by atoms with Crippen LogP contribution in [-0.4, -0.2) is 35.9 Å². The molecule has 1 fully saturated rings. The van der Waals surface area contributed by atoms with Gasteiger partial charge < -0.3 is 15.5 Å². The molecule has 0 aliphatic heterocycles. The van der Waals surface area contributed by atoms with Gasteiger partial charge in [-0.1, -0.05) is 31.9 Å². The minimum absolute atomic E-state index is 0.00463. The molecular formula is C22H39NO3. The summed E-state index contributed by atoms with van der Waals surface area (Å²) in [4.78, 5) is 9.70. The summed E-state index contributed by atoms with van der Waals surface area (Å²) in [5, 5.41) is 22.2. The summed E-state index contributed by atoms with van der Waals surface area (Å²) in [6, 6.07) is 0. The highest BCUT2D eigenvalue weighted by atomic mass is 16.3. The van der Waals surface area contributed by atoms with Crippen LogP contribution < -0.4 is 5.32 Å². The third-order valence-electron chi connectivity index (χ3n) is 7.54. The first kappa shape index (κ1) is 21.4. The second kappa shape index (κ2) is 8.43. The lowest BCUT2D eigenvalue weighted by molar-refractivity contribution is -0.118. The monoisotopic (exact) mass is 365 g/mol. The summed E-state index contributed by atoms with van der Waals surface area (Å²) >= 11 is 0. The van der Waals surface area contributed by atoms with E-state index in [0.717, 1.165) is 19.3 Å². The Morgan fingerprint density at radius 3 is 2.42 bits per heavy atom. The van der Waals surface area contributed by atoms with Gasteiger partial charge in [0.25, 0.3) is 0 Å². The number of carbonyl (C=O) groups is 1. The predicted molar refractivity (Wildman–Crippen MR) is 106 cm³/mol. The lowest BCUT2D eigenvalue weighted by Crippen LogP contribution is -2.44. The van der Waals surface area contributed by atoms with E-state index in [9.17, 15) is 15.0 Å². The lowest BCUT2D eigenvalue weighted by Gasteiger charge is -2.49. The minimum atomic E-state index is -0.195. The largest absolute Gasteiger partial charge is 0.396 e. The molecule has 3 N–H and O–H groups in total. The average Bonchev–Trinajstić information content (AvgIpc) is 2.92. The first-order chi connectivity index (χ1) is 12.1. The molecule has 1 saturated carbocycles. The maximum absolute atomic E-state index is 9.94. The number of rotatable bonds is 2. The molecule has 0 saturated heterocycles. The fourth-order valence-electron chi connectivity index (χ4n) is 5.48. The highest BCUT2D eigenvalue weighted by molar-refractivity contribution is 5.72. The van der Waals surface area contributed by atoms with Gasteiger partial charge in [0, 0.05) is 20.6 Å². The molecule has 0 bridgehead atoms. The Balaban J connectivity index is 0.000000431. The molecule has 0 heterocycles. The quantitative estimate of drug-likeness (QED) is 0.652. The summed E-state index contributed by atoms with van der Waals surface area (Å²) in [6.45, 7) is 8.91. The van der Waals surface area contributed by atoms with Crippen LogP contribution in [0.2, 0.25) is 0 Å². The number of amides is 1. The summed E-state index contributed by atoms with van der Waals surface area (Å²) < 4.78 is 0. The van der Waals surface area contributed by atoms with Gasteiger partial charge in [0.2, 0.25) is 5.91 Å². The van der Waals surface area contributed by atoms with Gasteiger partial charge in [-0.25, -0.2) is 0 Å². The predicted octanol–water partition coefficient (Wildman–Crippen LogP) is 3.82. The Hall–Kier alpha value is -0.870. The van der Waals surface area contributed by atoms with Gasteiger partial charge in [-0.05, 0) is 74.0 Å². The van der Waals surface area contributed by atoms with Crippen LogP contribution in [0.5, 0.6) is 0 Å². The van der Waals surface area contributed by atoms with Crippen molar-refractivity contribution >= 4 is 5.91 Å². The van der Waals surface area contributed by atoms with Gasteiger partial charge in [0.05, 0.1) is 6.10 Å². The van der Waals surface area contributed by atoms with E-state index in [2.05, 4.69) is 26.1 Å². The van der Waals surface area contributed by atoms with E-state index >= 15 is 0 Å². The molecule has 4 heteroatoms. The molecule has 150 valence electrons. The number of nitrogens with one attached hydrogen (secondary N) is 1. The first-order valence-corrected chi connectivity index (χ1v) is 10.3. The number of carbonyl (C=O) groups excluding carboxylic acids is 1. The van der Waals surface area contributed by atoms with Gasteiger partial charge in [0.15, 0.2) is 0 Å². The van der Waals surface area contributed by atoms with Crippen molar-refractivity contribution in [2.75, 3.05) is 13.7 Å². The molecule has 4 unspecified atom stereocenters. The minimum Gasteiger partial charge on any atom is -0.396 e. The van der Waals surface area contributed by atoms with Gasteiger partial charge in [0.1, 0.15) is 0 Å². The zero-order valence-electron chi connectivity index (χ0n) is 17.4. The molecule has 0 aromatic rings. The van der Waals surface area contributed by atoms with Crippen LogP contribution in [0.15, 0.2) is 11.1 Å². The first-order valence-electron chi connectivity index (χ1n) is 10.3. The van der Waals surface area contributed by atoms with E-state index in [1.807, 2.05) is 0 Å². The van der Waals surface area contributed by atoms with Gasteiger partial charge >= 0.3 is 0 Å². The maximum Gasteiger partial charge on any atom is 0.216 e. The average molecular weight is 366 g/mol. The molecule has 3 aliphatic carbocycles. The van der Waals surface area contributed by atoms with Crippen molar-refractivity contribution in [3.8, 4) is 0 Å². The van der Waals surface area contributed by atoms with Crippen LogP contribution in [0.1, 0.15) is 79.1 Å². The molecule has 1 amide bonds. The smallest absolute Gasteiger partial charge is 0.216 e. The molecule has 0 radical (unpaired) electrons. The molecule has 26 heavy (non-hydrogen) atoms. The van der Waals surface area contributed by atoms with Crippen LogP contribution >= 0.6 is 0 Å². The van der Waals surface area contributed by atoms with Gasteiger partial charge in [-0.3, -0.25) is 4.79 Å². The third kappa shape index (κ3) is 4.51. The Bertz CT molecular complexity index is 540. The van der Waals surface area contributed by atoms with Crippen LogP contribution in [0.4, 0.5) is 0 Å². The van der Waals surface area contributed by atoms with Crippen LogP contribution in [0.25, 0.3) is 0 Å². The zero-order valence-corrected chi connectivity index (χ0v) is 17.4. The van der Waals surface area contributed by atoms with Crippen LogP contribution in [0.3, 0.4) is 0 Å². The van der Waals surface area contributed by atoms with E-state index in [0.29, 0.717) is 11.3 Å². The van der Waals surface area contributed by atoms with E-state index in [1.165, 1.54) is 39.0 Å². The Labute approximate surface area is 159 Å². The molecule has 0 aromatic carbocycles. The molecule has 0 spiro atoms. The number of hydrogen-bond donors (Lipinski definition) is 3. The number of allylic oxidation sites excluding steroid dienone is 2. The number of hydrogen-bond acceptors (Lipinski definition) is 3. The standard InChI is InChI=1S/C19H32O2.C3H7NO/c1-18(2)8-6-13-10-14(4-5-17(13)18)19(3)9-7-16(21)11-15(19)12-20;1-3(5)4-2/h14-16,20-21H,4-12H2,1-3H3;1-2H3,(H,4,5).